The van der Waals surface area contributed by atoms with E-state index in [2.05, 4.69) is 25.8 Å². The lowest BCUT2D eigenvalue weighted by Gasteiger charge is -2.27. The molecule has 2 aliphatic rings. The summed E-state index contributed by atoms with van der Waals surface area (Å²) in [5, 5.41) is 0. The van der Waals surface area contributed by atoms with E-state index < -0.39 is 0 Å². The molecule has 1 heterocycles. The topological polar surface area (TPSA) is 3.24 Å². The zero-order valence-corrected chi connectivity index (χ0v) is 10.00. The molecule has 2 atom stereocenters. The van der Waals surface area contributed by atoms with Crippen molar-refractivity contribution >= 4 is 0 Å². The molecule has 0 aromatic rings. The fourth-order valence-corrected chi connectivity index (χ4v) is 3.29. The van der Waals surface area contributed by atoms with Crippen LogP contribution in [0.5, 0.6) is 0 Å². The molecule has 0 bridgehead atoms. The van der Waals surface area contributed by atoms with Crippen LogP contribution in [0.15, 0.2) is 0 Å². The number of likely N-dealkylation sites (tertiary alicyclic amines) is 1. The maximum atomic E-state index is 2.59. The molecule has 0 spiro atoms. The van der Waals surface area contributed by atoms with Crippen molar-refractivity contribution in [1.29, 1.82) is 0 Å². The Kier molecular flexibility index (Phi) is 3.16. The van der Waals surface area contributed by atoms with Crippen LogP contribution in [-0.2, 0) is 0 Å². The van der Waals surface area contributed by atoms with E-state index in [0.29, 0.717) is 0 Å². The van der Waals surface area contributed by atoms with Gasteiger partial charge in [0.05, 0.1) is 0 Å². The fraction of sp³-hybridized carbons (Fsp3) is 1.00. The summed E-state index contributed by atoms with van der Waals surface area (Å²) < 4.78 is 0. The van der Waals surface area contributed by atoms with Crippen LogP contribution in [0.25, 0.3) is 0 Å². The highest BCUT2D eigenvalue weighted by molar-refractivity contribution is 4.87. The molecule has 1 saturated carbocycles. The first-order valence-electron chi connectivity index (χ1n) is 6.37. The predicted octanol–water partition coefficient (Wildman–Crippen LogP) is 3.15. The minimum Gasteiger partial charge on any atom is -0.303 e. The van der Waals surface area contributed by atoms with Crippen LogP contribution in [0.4, 0.5) is 0 Å². The van der Waals surface area contributed by atoms with E-state index in [1.165, 1.54) is 38.6 Å². The molecule has 1 aliphatic heterocycles. The molecule has 0 aromatic carbocycles. The number of nitrogens with zero attached hydrogens (tertiary/aromatic N) is 1. The van der Waals surface area contributed by atoms with Gasteiger partial charge in [-0.1, -0.05) is 33.1 Å². The summed E-state index contributed by atoms with van der Waals surface area (Å²) in [7, 11) is 2.31. The predicted molar refractivity (Wildman–Crippen MR) is 61.3 cm³/mol. The molecular formula is C13H25N. The molecule has 2 unspecified atom stereocenters. The minimum absolute atomic E-state index is 0.839. The van der Waals surface area contributed by atoms with Crippen molar-refractivity contribution in [2.45, 2.75) is 52.0 Å². The second kappa shape index (κ2) is 4.22. The summed E-state index contributed by atoms with van der Waals surface area (Å²) in [4.78, 5) is 2.59. The monoisotopic (exact) mass is 195 g/mol. The van der Waals surface area contributed by atoms with Crippen molar-refractivity contribution < 1.29 is 0 Å². The molecule has 1 nitrogen and oxygen atoms in total. The summed E-state index contributed by atoms with van der Waals surface area (Å²) in [5.41, 5.74) is 0. The van der Waals surface area contributed by atoms with Gasteiger partial charge in [-0.15, -0.1) is 0 Å². The molecule has 2 fully saturated rings. The maximum Gasteiger partial charge on any atom is 0.0118 e. The van der Waals surface area contributed by atoms with Gasteiger partial charge in [-0.25, -0.2) is 0 Å². The number of rotatable bonds is 3. The van der Waals surface area contributed by atoms with E-state index in [4.69, 9.17) is 0 Å². The van der Waals surface area contributed by atoms with Gasteiger partial charge in [-0.2, -0.15) is 0 Å². The van der Waals surface area contributed by atoms with Gasteiger partial charge in [0.2, 0.25) is 0 Å². The Morgan fingerprint density at radius 2 is 1.93 bits per heavy atom. The lowest BCUT2D eigenvalue weighted by atomic mass is 9.78. The quantitative estimate of drug-likeness (QED) is 0.668. The molecule has 2 rings (SSSR count). The third kappa shape index (κ3) is 2.13. The maximum absolute atomic E-state index is 2.59. The molecule has 0 N–H and O–H groups in total. The van der Waals surface area contributed by atoms with Crippen LogP contribution in [0.3, 0.4) is 0 Å². The van der Waals surface area contributed by atoms with Crippen LogP contribution in [0, 0.1) is 17.8 Å². The normalized spacial score (nSPS) is 35.1. The van der Waals surface area contributed by atoms with Gasteiger partial charge in [0.1, 0.15) is 0 Å². The van der Waals surface area contributed by atoms with Gasteiger partial charge in [-0.05, 0) is 37.6 Å². The lowest BCUT2D eigenvalue weighted by molar-refractivity contribution is 0.241. The Hall–Kier alpha value is -0.0400. The van der Waals surface area contributed by atoms with Crippen LogP contribution in [0.2, 0.25) is 0 Å². The van der Waals surface area contributed by atoms with Gasteiger partial charge in [-0.3, -0.25) is 0 Å². The summed E-state index contributed by atoms with van der Waals surface area (Å²) in [5.74, 6) is 2.95. The highest BCUT2D eigenvalue weighted by atomic mass is 15.2. The van der Waals surface area contributed by atoms with Crippen molar-refractivity contribution in [1.82, 2.24) is 4.90 Å². The molecule has 14 heavy (non-hydrogen) atoms. The van der Waals surface area contributed by atoms with Gasteiger partial charge < -0.3 is 4.90 Å². The molecule has 1 saturated heterocycles. The third-order valence-electron chi connectivity index (χ3n) is 4.35. The molecular weight excluding hydrogens is 170 g/mol. The van der Waals surface area contributed by atoms with E-state index >= 15 is 0 Å². The smallest absolute Gasteiger partial charge is 0.0118 e. The second-order valence-corrected chi connectivity index (χ2v) is 5.89. The van der Waals surface area contributed by atoms with Crippen LogP contribution in [-0.4, -0.2) is 24.5 Å². The fourth-order valence-electron chi connectivity index (χ4n) is 3.29. The summed E-state index contributed by atoms with van der Waals surface area (Å²) in [6, 6.07) is 0.861. The molecule has 1 heteroatoms. The molecule has 1 aliphatic carbocycles. The molecule has 0 amide bonds. The number of hydrogen-bond donors (Lipinski definition) is 0. The zero-order chi connectivity index (χ0) is 10.1. The molecule has 0 aromatic heterocycles. The average molecular weight is 195 g/mol. The summed E-state index contributed by atoms with van der Waals surface area (Å²) in [6.07, 6.45) is 7.53. The summed E-state index contributed by atoms with van der Waals surface area (Å²) >= 11 is 0. The highest BCUT2D eigenvalue weighted by Crippen LogP contribution is 2.37. The first kappa shape index (κ1) is 10.5. The van der Waals surface area contributed by atoms with E-state index in [0.717, 1.165) is 23.8 Å². The minimum atomic E-state index is 0.839. The first-order valence-corrected chi connectivity index (χ1v) is 6.37. The molecule has 0 radical (unpaired) electrons. The van der Waals surface area contributed by atoms with Gasteiger partial charge in [0.25, 0.3) is 0 Å². The van der Waals surface area contributed by atoms with Crippen molar-refractivity contribution in [3.63, 3.8) is 0 Å². The molecule has 82 valence electrons. The van der Waals surface area contributed by atoms with Gasteiger partial charge >= 0.3 is 0 Å². The Bertz CT molecular complexity index is 184. The number of hydrogen-bond acceptors (Lipinski definition) is 1. The van der Waals surface area contributed by atoms with E-state index in [1.54, 1.807) is 0 Å². The Morgan fingerprint density at radius 3 is 2.36 bits per heavy atom. The Balaban J connectivity index is 1.79. The van der Waals surface area contributed by atoms with Crippen LogP contribution < -0.4 is 0 Å². The Morgan fingerprint density at radius 1 is 1.21 bits per heavy atom. The third-order valence-corrected chi connectivity index (χ3v) is 4.35. The Labute approximate surface area is 88.9 Å². The SMILES string of the molecule is CC(C)C1CC(CC2CCC2)CN1C. The van der Waals surface area contributed by atoms with E-state index in [9.17, 15) is 0 Å². The van der Waals surface area contributed by atoms with Gasteiger partial charge in [0, 0.05) is 12.6 Å². The highest BCUT2D eigenvalue weighted by Gasteiger charge is 2.33. The lowest BCUT2D eigenvalue weighted by Crippen LogP contribution is -2.29. The summed E-state index contributed by atoms with van der Waals surface area (Å²) in [6.45, 7) is 6.10. The second-order valence-electron chi connectivity index (χ2n) is 5.89. The van der Waals surface area contributed by atoms with Gasteiger partial charge in [0.15, 0.2) is 0 Å². The first-order chi connectivity index (χ1) is 6.66. The van der Waals surface area contributed by atoms with Crippen LogP contribution >= 0.6 is 0 Å². The average Bonchev–Trinajstić information content (AvgIpc) is 2.39. The van der Waals surface area contributed by atoms with E-state index in [-0.39, 0.29) is 0 Å². The van der Waals surface area contributed by atoms with E-state index in [1.807, 2.05) is 0 Å². The van der Waals surface area contributed by atoms with Crippen molar-refractivity contribution in [2.24, 2.45) is 17.8 Å². The largest absolute Gasteiger partial charge is 0.303 e. The standard InChI is InChI=1S/C13H25N/c1-10(2)13-8-12(9-14(13)3)7-11-5-4-6-11/h10-13H,4-9H2,1-3H3. The van der Waals surface area contributed by atoms with Crippen molar-refractivity contribution in [3.8, 4) is 0 Å². The van der Waals surface area contributed by atoms with Crippen molar-refractivity contribution in [3.05, 3.63) is 0 Å². The van der Waals surface area contributed by atoms with Crippen LogP contribution in [0.1, 0.15) is 46.0 Å². The zero-order valence-electron chi connectivity index (χ0n) is 10.00. The van der Waals surface area contributed by atoms with Crippen molar-refractivity contribution in [2.75, 3.05) is 13.6 Å².